The number of anilines is 2. The van der Waals surface area contributed by atoms with E-state index >= 15 is 0 Å². The Bertz CT molecular complexity index is 575. The number of hydrogen-bond donors (Lipinski definition) is 2. The molecule has 0 aliphatic heterocycles. The smallest absolute Gasteiger partial charge is 0.167 e. The van der Waals surface area contributed by atoms with Crippen LogP contribution in [-0.4, -0.2) is 16.3 Å². The first-order chi connectivity index (χ1) is 9.56. The summed E-state index contributed by atoms with van der Waals surface area (Å²) in [5, 5.41) is 10.8. The van der Waals surface area contributed by atoms with Crippen molar-refractivity contribution in [3.63, 3.8) is 0 Å². The molecule has 0 bridgehead atoms. The van der Waals surface area contributed by atoms with Gasteiger partial charge in [-0.05, 0) is 26.0 Å². The van der Waals surface area contributed by atoms with Crippen molar-refractivity contribution >= 4 is 11.4 Å². The molecule has 0 fully saturated rings. The molecule has 0 spiro atoms. The lowest BCUT2D eigenvalue weighted by atomic mass is 10.2. The standard InChI is InChI=1S/C14H17FN4O/c1-9(2)20-14-7-13(12(16)6-11(14)15)17-8-10-4-3-5-18-19-10/h3-7,9,17H,8,16H2,1-2H3. The van der Waals surface area contributed by atoms with E-state index in [0.717, 1.165) is 5.69 Å². The third-order valence-corrected chi connectivity index (χ3v) is 2.55. The van der Waals surface area contributed by atoms with E-state index in [1.807, 2.05) is 19.9 Å². The first kappa shape index (κ1) is 14.0. The number of ether oxygens (including phenoxy) is 1. The zero-order valence-electron chi connectivity index (χ0n) is 11.4. The number of nitrogens with one attached hydrogen (secondary N) is 1. The van der Waals surface area contributed by atoms with Gasteiger partial charge in [0.25, 0.3) is 0 Å². The van der Waals surface area contributed by atoms with Crippen LogP contribution in [0.3, 0.4) is 0 Å². The summed E-state index contributed by atoms with van der Waals surface area (Å²) >= 11 is 0. The molecule has 0 radical (unpaired) electrons. The molecular weight excluding hydrogens is 259 g/mol. The van der Waals surface area contributed by atoms with E-state index in [-0.39, 0.29) is 11.9 Å². The van der Waals surface area contributed by atoms with Gasteiger partial charge in [-0.3, -0.25) is 0 Å². The van der Waals surface area contributed by atoms with Crippen LogP contribution in [0.4, 0.5) is 15.8 Å². The summed E-state index contributed by atoms with van der Waals surface area (Å²) < 4.78 is 19.1. The number of nitrogen functional groups attached to an aromatic ring is 1. The molecule has 1 aromatic heterocycles. The fraction of sp³-hybridized carbons (Fsp3) is 0.286. The summed E-state index contributed by atoms with van der Waals surface area (Å²) in [4.78, 5) is 0. The largest absolute Gasteiger partial charge is 0.488 e. The number of rotatable bonds is 5. The average molecular weight is 276 g/mol. The van der Waals surface area contributed by atoms with Gasteiger partial charge >= 0.3 is 0 Å². The van der Waals surface area contributed by atoms with Gasteiger partial charge in [-0.15, -0.1) is 0 Å². The number of hydrogen-bond acceptors (Lipinski definition) is 5. The number of halogens is 1. The molecule has 0 amide bonds. The summed E-state index contributed by atoms with van der Waals surface area (Å²) in [5.74, 6) is -0.294. The van der Waals surface area contributed by atoms with Crippen LogP contribution in [0, 0.1) is 5.82 Å². The van der Waals surface area contributed by atoms with Gasteiger partial charge in [0.2, 0.25) is 0 Å². The second kappa shape index (κ2) is 6.18. The molecule has 2 rings (SSSR count). The Labute approximate surface area is 117 Å². The molecular formula is C14H17FN4O. The van der Waals surface area contributed by atoms with Gasteiger partial charge in [0.1, 0.15) is 0 Å². The van der Waals surface area contributed by atoms with E-state index < -0.39 is 5.82 Å². The normalized spacial score (nSPS) is 10.6. The summed E-state index contributed by atoms with van der Waals surface area (Å²) in [5.41, 5.74) is 7.48. The van der Waals surface area contributed by atoms with Crippen molar-refractivity contribution in [3.05, 3.63) is 42.0 Å². The van der Waals surface area contributed by atoms with Crippen LogP contribution in [0.2, 0.25) is 0 Å². The Balaban J connectivity index is 2.14. The highest BCUT2D eigenvalue weighted by Crippen LogP contribution is 2.29. The monoisotopic (exact) mass is 276 g/mol. The van der Waals surface area contributed by atoms with Crippen molar-refractivity contribution in [3.8, 4) is 5.75 Å². The van der Waals surface area contributed by atoms with Gasteiger partial charge in [-0.25, -0.2) is 4.39 Å². The predicted octanol–water partition coefficient (Wildman–Crippen LogP) is 2.60. The molecule has 6 heteroatoms. The quantitative estimate of drug-likeness (QED) is 0.821. The van der Waals surface area contributed by atoms with Gasteiger partial charge < -0.3 is 15.8 Å². The summed E-state index contributed by atoms with van der Waals surface area (Å²) in [6.07, 6.45) is 1.49. The molecule has 0 saturated heterocycles. The lowest BCUT2D eigenvalue weighted by Gasteiger charge is -2.14. The van der Waals surface area contributed by atoms with Crippen molar-refractivity contribution in [1.82, 2.24) is 10.2 Å². The first-order valence-corrected chi connectivity index (χ1v) is 6.32. The summed E-state index contributed by atoms with van der Waals surface area (Å²) in [7, 11) is 0. The molecule has 106 valence electrons. The molecule has 0 atom stereocenters. The fourth-order valence-electron chi connectivity index (χ4n) is 1.68. The van der Waals surface area contributed by atoms with Crippen molar-refractivity contribution in [1.29, 1.82) is 0 Å². The van der Waals surface area contributed by atoms with E-state index in [1.54, 1.807) is 18.3 Å². The van der Waals surface area contributed by atoms with Crippen LogP contribution in [-0.2, 0) is 6.54 Å². The van der Waals surface area contributed by atoms with Gasteiger partial charge in [-0.1, -0.05) is 0 Å². The molecule has 1 heterocycles. The minimum atomic E-state index is -0.471. The van der Waals surface area contributed by atoms with Gasteiger partial charge in [0.15, 0.2) is 11.6 Å². The Morgan fingerprint density at radius 3 is 2.85 bits per heavy atom. The number of benzene rings is 1. The van der Waals surface area contributed by atoms with Crippen LogP contribution in [0.5, 0.6) is 5.75 Å². The van der Waals surface area contributed by atoms with Crippen molar-refractivity contribution in [2.45, 2.75) is 26.5 Å². The first-order valence-electron chi connectivity index (χ1n) is 6.32. The SMILES string of the molecule is CC(C)Oc1cc(NCc2cccnn2)c(N)cc1F. The van der Waals surface area contributed by atoms with Crippen LogP contribution < -0.4 is 15.8 Å². The molecule has 0 saturated carbocycles. The summed E-state index contributed by atoms with van der Waals surface area (Å²) in [6, 6.07) is 6.44. The molecule has 0 aliphatic rings. The van der Waals surface area contributed by atoms with Crippen LogP contribution >= 0.6 is 0 Å². The van der Waals surface area contributed by atoms with E-state index in [2.05, 4.69) is 15.5 Å². The van der Waals surface area contributed by atoms with Gasteiger partial charge in [0, 0.05) is 18.3 Å². The topological polar surface area (TPSA) is 73.1 Å². The van der Waals surface area contributed by atoms with Crippen molar-refractivity contribution in [2.75, 3.05) is 11.1 Å². The Kier molecular flexibility index (Phi) is 4.34. The molecule has 1 aromatic carbocycles. The minimum Gasteiger partial charge on any atom is -0.488 e. The lowest BCUT2D eigenvalue weighted by molar-refractivity contribution is 0.231. The van der Waals surface area contributed by atoms with E-state index in [1.165, 1.54) is 6.07 Å². The molecule has 3 N–H and O–H groups in total. The maximum absolute atomic E-state index is 13.7. The van der Waals surface area contributed by atoms with E-state index in [4.69, 9.17) is 10.5 Å². The maximum atomic E-state index is 13.7. The van der Waals surface area contributed by atoms with E-state index in [0.29, 0.717) is 17.9 Å². The fourth-order valence-corrected chi connectivity index (χ4v) is 1.68. The number of aromatic nitrogens is 2. The lowest BCUT2D eigenvalue weighted by Crippen LogP contribution is -2.09. The second-order valence-electron chi connectivity index (χ2n) is 4.61. The van der Waals surface area contributed by atoms with Gasteiger partial charge in [-0.2, -0.15) is 10.2 Å². The average Bonchev–Trinajstić information content (AvgIpc) is 2.41. The number of nitrogens with zero attached hydrogens (tertiary/aromatic N) is 2. The van der Waals surface area contributed by atoms with Gasteiger partial charge in [0.05, 0.1) is 29.7 Å². The maximum Gasteiger partial charge on any atom is 0.167 e. The third kappa shape index (κ3) is 3.57. The highest BCUT2D eigenvalue weighted by Gasteiger charge is 2.10. The Morgan fingerprint density at radius 1 is 1.40 bits per heavy atom. The number of nitrogens with two attached hydrogens (primary N) is 1. The Hall–Kier alpha value is -2.37. The molecule has 0 aliphatic carbocycles. The second-order valence-corrected chi connectivity index (χ2v) is 4.61. The van der Waals surface area contributed by atoms with E-state index in [9.17, 15) is 4.39 Å². The van der Waals surface area contributed by atoms with Crippen LogP contribution in [0.25, 0.3) is 0 Å². The zero-order chi connectivity index (χ0) is 14.5. The molecule has 0 unspecified atom stereocenters. The van der Waals surface area contributed by atoms with Crippen molar-refractivity contribution in [2.24, 2.45) is 0 Å². The minimum absolute atomic E-state index is 0.110. The van der Waals surface area contributed by atoms with Crippen molar-refractivity contribution < 1.29 is 9.13 Å². The summed E-state index contributed by atoms with van der Waals surface area (Å²) in [6.45, 7) is 4.12. The van der Waals surface area contributed by atoms with Crippen LogP contribution in [0.1, 0.15) is 19.5 Å². The third-order valence-electron chi connectivity index (χ3n) is 2.55. The molecule has 2 aromatic rings. The highest BCUT2D eigenvalue weighted by atomic mass is 19.1. The predicted molar refractivity (Wildman–Crippen MR) is 75.9 cm³/mol. The highest BCUT2D eigenvalue weighted by molar-refractivity contribution is 5.68. The zero-order valence-corrected chi connectivity index (χ0v) is 11.4. The molecule has 20 heavy (non-hydrogen) atoms. The molecule has 5 nitrogen and oxygen atoms in total. The van der Waals surface area contributed by atoms with Crippen LogP contribution in [0.15, 0.2) is 30.5 Å². The Morgan fingerprint density at radius 2 is 2.20 bits per heavy atom.